The van der Waals surface area contributed by atoms with Gasteiger partial charge in [-0.3, -0.25) is 4.98 Å². The molecule has 2 N–H and O–H groups in total. The highest BCUT2D eigenvalue weighted by Gasteiger charge is 2.34. The van der Waals surface area contributed by atoms with E-state index in [9.17, 15) is 23.1 Å². The van der Waals surface area contributed by atoms with Gasteiger partial charge in [0.2, 0.25) is 0 Å². The van der Waals surface area contributed by atoms with E-state index in [0.29, 0.717) is 18.1 Å². The molecule has 6 nitrogen and oxygen atoms in total. The number of halogens is 3. The highest BCUT2D eigenvalue weighted by molar-refractivity contribution is 5.77. The van der Waals surface area contributed by atoms with Crippen LogP contribution in [0.1, 0.15) is 31.9 Å². The lowest BCUT2D eigenvalue weighted by atomic mass is 10.1. The molecule has 0 aliphatic rings. The second kappa shape index (κ2) is 7.91. The molecular formula is C16H17F3N4O2. The van der Waals surface area contributed by atoms with E-state index in [4.69, 9.17) is 0 Å². The molecule has 0 aliphatic heterocycles. The summed E-state index contributed by atoms with van der Waals surface area (Å²) >= 11 is 0. The van der Waals surface area contributed by atoms with Crippen LogP contribution in [0.5, 0.6) is 0 Å². The van der Waals surface area contributed by atoms with Crippen molar-refractivity contribution in [3.63, 3.8) is 0 Å². The third-order valence-corrected chi connectivity index (χ3v) is 3.40. The maximum absolute atomic E-state index is 13.1. The number of aliphatic carboxylic acids is 1. The lowest BCUT2D eigenvalue weighted by molar-refractivity contribution is -0.141. The average molecular weight is 354 g/mol. The van der Waals surface area contributed by atoms with Gasteiger partial charge in [0, 0.05) is 24.0 Å². The Hall–Kier alpha value is -2.71. The van der Waals surface area contributed by atoms with E-state index >= 15 is 0 Å². The molecule has 9 heteroatoms. The quantitative estimate of drug-likeness (QED) is 0.790. The number of carboxylic acids is 1. The fraction of sp³-hybridized carbons (Fsp3) is 0.375. The second-order valence-corrected chi connectivity index (χ2v) is 5.38. The molecule has 0 bridgehead atoms. The first kappa shape index (κ1) is 18.6. The minimum Gasteiger partial charge on any atom is -0.480 e. The van der Waals surface area contributed by atoms with Crippen molar-refractivity contribution in [2.24, 2.45) is 0 Å². The summed E-state index contributed by atoms with van der Waals surface area (Å²) in [5.41, 5.74) is -0.847. The van der Waals surface area contributed by atoms with Gasteiger partial charge < -0.3 is 10.4 Å². The molecule has 0 radical (unpaired) electrons. The largest absolute Gasteiger partial charge is 0.480 e. The third kappa shape index (κ3) is 5.13. The van der Waals surface area contributed by atoms with Gasteiger partial charge >= 0.3 is 12.1 Å². The first-order valence-electron chi connectivity index (χ1n) is 7.67. The lowest BCUT2D eigenvalue weighted by Crippen LogP contribution is -2.30. The molecule has 1 atom stereocenters. The molecule has 0 saturated heterocycles. The number of hydrogen-bond acceptors (Lipinski definition) is 5. The number of alkyl halides is 3. The van der Waals surface area contributed by atoms with Crippen LogP contribution in [0.2, 0.25) is 0 Å². The van der Waals surface area contributed by atoms with Crippen molar-refractivity contribution in [2.75, 3.05) is 5.32 Å². The predicted molar refractivity (Wildman–Crippen MR) is 84.8 cm³/mol. The average Bonchev–Trinajstić information content (AvgIpc) is 2.58. The van der Waals surface area contributed by atoms with E-state index in [2.05, 4.69) is 20.3 Å². The number of hydrogen-bond donors (Lipinski definition) is 2. The molecule has 0 aliphatic carbocycles. The van der Waals surface area contributed by atoms with Crippen LogP contribution in [0.25, 0.3) is 11.4 Å². The fourth-order valence-electron chi connectivity index (χ4n) is 2.13. The number of pyridine rings is 1. The van der Waals surface area contributed by atoms with E-state index in [1.807, 2.05) is 6.92 Å². The van der Waals surface area contributed by atoms with E-state index < -0.39 is 23.9 Å². The summed E-state index contributed by atoms with van der Waals surface area (Å²) in [7, 11) is 0. The topological polar surface area (TPSA) is 88.0 Å². The number of carbonyl (C=O) groups is 1. The lowest BCUT2D eigenvalue weighted by Gasteiger charge is -2.16. The third-order valence-electron chi connectivity index (χ3n) is 3.40. The molecule has 2 rings (SSSR count). The summed E-state index contributed by atoms with van der Waals surface area (Å²) in [4.78, 5) is 22.7. The van der Waals surface area contributed by atoms with Gasteiger partial charge in [0.05, 0.1) is 0 Å². The standard InChI is InChI=1S/C16H17F3N4O2/c1-2-3-6-11(15(24)25)21-13-8-12(16(17,18)19)22-14(23-13)10-5-4-7-20-9-10/h4-5,7-9,11H,2-3,6H2,1H3,(H,24,25)(H,21,22,23). The zero-order chi connectivity index (χ0) is 18.4. The fourth-order valence-corrected chi connectivity index (χ4v) is 2.13. The molecule has 0 saturated carbocycles. The number of carboxylic acid groups (broad SMARTS) is 1. The van der Waals surface area contributed by atoms with Crippen LogP contribution < -0.4 is 5.32 Å². The van der Waals surface area contributed by atoms with Crippen molar-refractivity contribution in [1.29, 1.82) is 0 Å². The van der Waals surface area contributed by atoms with Crippen LogP contribution in [0, 0.1) is 0 Å². The Bertz CT molecular complexity index is 723. The van der Waals surface area contributed by atoms with E-state index in [0.717, 1.165) is 6.42 Å². The monoisotopic (exact) mass is 354 g/mol. The Morgan fingerprint density at radius 3 is 2.68 bits per heavy atom. The van der Waals surface area contributed by atoms with Crippen LogP contribution in [-0.4, -0.2) is 32.1 Å². The summed E-state index contributed by atoms with van der Waals surface area (Å²) in [5, 5.41) is 11.8. The molecule has 1 unspecified atom stereocenters. The van der Waals surface area contributed by atoms with Crippen LogP contribution >= 0.6 is 0 Å². The van der Waals surface area contributed by atoms with E-state index in [1.54, 1.807) is 6.07 Å². The van der Waals surface area contributed by atoms with Gasteiger partial charge in [-0.2, -0.15) is 13.2 Å². The van der Waals surface area contributed by atoms with Crippen LogP contribution in [-0.2, 0) is 11.0 Å². The van der Waals surface area contributed by atoms with E-state index in [-0.39, 0.29) is 18.1 Å². The number of unbranched alkanes of at least 4 members (excludes halogenated alkanes) is 1. The van der Waals surface area contributed by atoms with Crippen molar-refractivity contribution < 1.29 is 23.1 Å². The zero-order valence-corrected chi connectivity index (χ0v) is 13.4. The highest BCUT2D eigenvalue weighted by Crippen LogP contribution is 2.30. The van der Waals surface area contributed by atoms with Crippen LogP contribution in [0.4, 0.5) is 19.0 Å². The van der Waals surface area contributed by atoms with Crippen molar-refractivity contribution in [3.8, 4) is 11.4 Å². The van der Waals surface area contributed by atoms with Gasteiger partial charge in [-0.25, -0.2) is 14.8 Å². The van der Waals surface area contributed by atoms with Gasteiger partial charge in [0.25, 0.3) is 0 Å². The Morgan fingerprint density at radius 2 is 2.12 bits per heavy atom. The molecule has 0 aromatic carbocycles. The zero-order valence-electron chi connectivity index (χ0n) is 13.4. The first-order valence-corrected chi connectivity index (χ1v) is 7.67. The van der Waals surface area contributed by atoms with Gasteiger partial charge in [-0.1, -0.05) is 19.8 Å². The second-order valence-electron chi connectivity index (χ2n) is 5.38. The number of rotatable bonds is 7. The Morgan fingerprint density at radius 1 is 1.36 bits per heavy atom. The molecular weight excluding hydrogens is 337 g/mol. The van der Waals surface area contributed by atoms with Gasteiger partial charge in [0.1, 0.15) is 11.9 Å². The summed E-state index contributed by atoms with van der Waals surface area (Å²) in [5.74, 6) is -1.52. The Labute approximate surface area is 142 Å². The molecule has 2 heterocycles. The summed E-state index contributed by atoms with van der Waals surface area (Å²) in [6, 6.07) is 2.75. The minimum atomic E-state index is -4.68. The number of nitrogens with one attached hydrogen (secondary N) is 1. The molecule has 0 spiro atoms. The van der Waals surface area contributed by atoms with Crippen molar-refractivity contribution in [2.45, 2.75) is 38.4 Å². The number of anilines is 1. The van der Waals surface area contributed by atoms with Gasteiger partial charge in [0.15, 0.2) is 11.5 Å². The minimum absolute atomic E-state index is 0.176. The maximum atomic E-state index is 13.1. The van der Waals surface area contributed by atoms with Crippen molar-refractivity contribution >= 4 is 11.8 Å². The van der Waals surface area contributed by atoms with E-state index in [1.165, 1.54) is 18.5 Å². The predicted octanol–water partition coefficient (Wildman–Crippen LogP) is 3.61. The number of aromatic nitrogens is 3. The molecule has 2 aromatic heterocycles. The van der Waals surface area contributed by atoms with Crippen LogP contribution in [0.3, 0.4) is 0 Å². The first-order chi connectivity index (χ1) is 11.8. The molecule has 0 fully saturated rings. The molecule has 2 aromatic rings. The van der Waals surface area contributed by atoms with Gasteiger partial charge in [-0.15, -0.1) is 0 Å². The van der Waals surface area contributed by atoms with Crippen molar-refractivity contribution in [1.82, 2.24) is 15.0 Å². The maximum Gasteiger partial charge on any atom is 0.433 e. The summed E-state index contributed by atoms with van der Waals surface area (Å²) < 4.78 is 39.3. The normalized spacial score (nSPS) is 12.6. The summed E-state index contributed by atoms with van der Waals surface area (Å²) in [6.45, 7) is 1.89. The molecule has 0 amide bonds. The number of nitrogens with zero attached hydrogens (tertiary/aromatic N) is 3. The Balaban J connectivity index is 2.41. The highest BCUT2D eigenvalue weighted by atomic mass is 19.4. The Kier molecular flexibility index (Phi) is 5.89. The molecule has 134 valence electrons. The van der Waals surface area contributed by atoms with Crippen molar-refractivity contribution in [3.05, 3.63) is 36.3 Å². The smallest absolute Gasteiger partial charge is 0.433 e. The molecule has 25 heavy (non-hydrogen) atoms. The summed E-state index contributed by atoms with van der Waals surface area (Å²) in [6.07, 6.45) is -0.203. The van der Waals surface area contributed by atoms with Gasteiger partial charge in [-0.05, 0) is 18.6 Å². The SMILES string of the molecule is CCCCC(Nc1cc(C(F)(F)F)nc(-c2cccnc2)n1)C(=O)O. The van der Waals surface area contributed by atoms with Crippen LogP contribution in [0.15, 0.2) is 30.6 Å².